The molecular weight excluding hydrogens is 388 g/mol. The minimum Gasteiger partial charge on any atom is -0.491 e. The lowest BCUT2D eigenvalue weighted by molar-refractivity contribution is 0.102. The molecule has 0 heterocycles. The summed E-state index contributed by atoms with van der Waals surface area (Å²) in [5.74, 6) is 0.390. The maximum absolute atomic E-state index is 12.5. The smallest absolute Gasteiger partial charge is 0.261 e. The molecule has 29 heavy (non-hydrogen) atoms. The quantitative estimate of drug-likeness (QED) is 0.599. The van der Waals surface area contributed by atoms with Gasteiger partial charge in [-0.1, -0.05) is 18.2 Å². The first kappa shape index (κ1) is 20.4. The topological polar surface area (TPSA) is 84.5 Å². The number of rotatable bonds is 7. The Morgan fingerprint density at radius 3 is 2.03 bits per heavy atom. The van der Waals surface area contributed by atoms with Crippen LogP contribution in [-0.2, 0) is 10.0 Å². The van der Waals surface area contributed by atoms with E-state index >= 15 is 0 Å². The average molecular weight is 410 g/mol. The number of carbonyl (C=O) groups is 1. The minimum absolute atomic E-state index is 0.0709. The van der Waals surface area contributed by atoms with Crippen LogP contribution in [0.3, 0.4) is 0 Å². The zero-order chi connectivity index (χ0) is 20.9. The van der Waals surface area contributed by atoms with Crippen molar-refractivity contribution in [3.05, 3.63) is 84.4 Å². The van der Waals surface area contributed by atoms with Crippen molar-refractivity contribution >= 4 is 27.3 Å². The molecule has 6 nitrogen and oxygen atoms in total. The van der Waals surface area contributed by atoms with Crippen LogP contribution in [0.4, 0.5) is 11.4 Å². The van der Waals surface area contributed by atoms with E-state index in [1.165, 1.54) is 24.3 Å². The predicted molar refractivity (Wildman–Crippen MR) is 114 cm³/mol. The molecular formula is C22H22N2O4S. The number of benzene rings is 3. The van der Waals surface area contributed by atoms with E-state index in [1.54, 1.807) is 54.6 Å². The number of para-hydroxylation sites is 1. The molecule has 2 N–H and O–H groups in total. The van der Waals surface area contributed by atoms with Crippen molar-refractivity contribution in [2.45, 2.75) is 24.8 Å². The van der Waals surface area contributed by atoms with Crippen molar-refractivity contribution in [2.24, 2.45) is 0 Å². The van der Waals surface area contributed by atoms with Crippen LogP contribution in [0.2, 0.25) is 0 Å². The van der Waals surface area contributed by atoms with E-state index in [0.717, 1.165) is 5.75 Å². The molecule has 3 rings (SSSR count). The summed E-state index contributed by atoms with van der Waals surface area (Å²) in [5, 5.41) is 2.78. The summed E-state index contributed by atoms with van der Waals surface area (Å²) < 4.78 is 33.0. The van der Waals surface area contributed by atoms with Crippen molar-refractivity contribution in [3.8, 4) is 5.75 Å². The maximum Gasteiger partial charge on any atom is 0.261 e. The van der Waals surface area contributed by atoms with Crippen LogP contribution in [0, 0.1) is 0 Å². The Kier molecular flexibility index (Phi) is 6.19. The lowest BCUT2D eigenvalue weighted by Gasteiger charge is -2.11. The molecule has 0 aliphatic heterocycles. The summed E-state index contributed by atoms with van der Waals surface area (Å²) in [6.45, 7) is 3.88. The second-order valence-corrected chi connectivity index (χ2v) is 8.32. The normalized spacial score (nSPS) is 11.1. The molecule has 0 spiro atoms. The standard InChI is InChI=1S/C22H22N2O4S/c1-16(2)28-20-12-10-18(11-13-20)23-22(25)17-8-14-21(15-9-17)29(26,27)24-19-6-4-3-5-7-19/h3-16,24H,1-2H3,(H,23,25). The van der Waals surface area contributed by atoms with E-state index in [-0.39, 0.29) is 16.9 Å². The van der Waals surface area contributed by atoms with Crippen LogP contribution in [0.5, 0.6) is 5.75 Å². The Balaban J connectivity index is 1.67. The Hall–Kier alpha value is -3.32. The summed E-state index contributed by atoms with van der Waals surface area (Å²) in [5.41, 5.74) is 1.44. The monoisotopic (exact) mass is 410 g/mol. The third kappa shape index (κ3) is 5.58. The van der Waals surface area contributed by atoms with Gasteiger partial charge in [-0.2, -0.15) is 0 Å². The van der Waals surface area contributed by atoms with Gasteiger partial charge < -0.3 is 10.1 Å². The van der Waals surface area contributed by atoms with Crippen molar-refractivity contribution in [1.82, 2.24) is 0 Å². The Bertz CT molecular complexity index is 1060. The van der Waals surface area contributed by atoms with Gasteiger partial charge in [-0.25, -0.2) is 8.42 Å². The van der Waals surface area contributed by atoms with Crippen LogP contribution in [-0.4, -0.2) is 20.4 Å². The minimum atomic E-state index is -3.73. The van der Waals surface area contributed by atoms with Gasteiger partial charge in [0.15, 0.2) is 0 Å². The van der Waals surface area contributed by atoms with E-state index in [4.69, 9.17) is 4.74 Å². The van der Waals surface area contributed by atoms with Crippen molar-refractivity contribution < 1.29 is 17.9 Å². The van der Waals surface area contributed by atoms with Gasteiger partial charge in [0.05, 0.1) is 11.0 Å². The highest BCUT2D eigenvalue weighted by Crippen LogP contribution is 2.19. The SMILES string of the molecule is CC(C)Oc1ccc(NC(=O)c2ccc(S(=O)(=O)Nc3ccccc3)cc2)cc1. The number of ether oxygens (including phenoxy) is 1. The third-order valence-corrected chi connectivity index (χ3v) is 5.33. The summed E-state index contributed by atoms with van der Waals surface area (Å²) in [6.07, 6.45) is 0.0709. The Morgan fingerprint density at radius 1 is 0.828 bits per heavy atom. The molecule has 0 saturated carbocycles. The van der Waals surface area contributed by atoms with Gasteiger partial charge in [0.2, 0.25) is 0 Å². The fraction of sp³-hybridized carbons (Fsp3) is 0.136. The van der Waals surface area contributed by atoms with E-state index in [0.29, 0.717) is 16.9 Å². The Labute approximate surface area is 170 Å². The van der Waals surface area contributed by atoms with Crippen LogP contribution in [0.25, 0.3) is 0 Å². The second-order valence-electron chi connectivity index (χ2n) is 6.64. The van der Waals surface area contributed by atoms with E-state index in [1.807, 2.05) is 13.8 Å². The third-order valence-electron chi connectivity index (χ3n) is 3.94. The predicted octanol–water partition coefficient (Wildman–Crippen LogP) is 4.53. The Morgan fingerprint density at radius 2 is 1.45 bits per heavy atom. The lowest BCUT2D eigenvalue weighted by Crippen LogP contribution is -2.14. The van der Waals surface area contributed by atoms with Gasteiger partial charge in [0.1, 0.15) is 5.75 Å². The molecule has 0 aliphatic rings. The number of hydrogen-bond donors (Lipinski definition) is 2. The highest BCUT2D eigenvalue weighted by molar-refractivity contribution is 7.92. The van der Waals surface area contributed by atoms with Crippen LogP contribution < -0.4 is 14.8 Å². The average Bonchev–Trinajstić information content (AvgIpc) is 2.69. The van der Waals surface area contributed by atoms with Gasteiger partial charge in [-0.15, -0.1) is 0 Å². The van der Waals surface area contributed by atoms with Crippen LogP contribution in [0.15, 0.2) is 83.8 Å². The first-order valence-electron chi connectivity index (χ1n) is 9.09. The van der Waals surface area contributed by atoms with Crippen LogP contribution in [0.1, 0.15) is 24.2 Å². The number of anilines is 2. The molecule has 0 bridgehead atoms. The molecule has 0 saturated heterocycles. The fourth-order valence-corrected chi connectivity index (χ4v) is 3.66. The molecule has 7 heteroatoms. The molecule has 0 atom stereocenters. The number of carbonyl (C=O) groups excluding carboxylic acids is 1. The molecule has 0 aromatic heterocycles. The van der Waals surface area contributed by atoms with Crippen molar-refractivity contribution in [1.29, 1.82) is 0 Å². The van der Waals surface area contributed by atoms with E-state index < -0.39 is 10.0 Å². The highest BCUT2D eigenvalue weighted by Gasteiger charge is 2.15. The van der Waals surface area contributed by atoms with Crippen LogP contribution >= 0.6 is 0 Å². The molecule has 0 unspecified atom stereocenters. The van der Waals surface area contributed by atoms with Gasteiger partial charge in [-0.05, 0) is 74.5 Å². The molecule has 0 aliphatic carbocycles. The van der Waals surface area contributed by atoms with Gasteiger partial charge in [0, 0.05) is 16.9 Å². The summed E-state index contributed by atoms with van der Waals surface area (Å²) >= 11 is 0. The number of nitrogens with one attached hydrogen (secondary N) is 2. The molecule has 0 fully saturated rings. The highest BCUT2D eigenvalue weighted by atomic mass is 32.2. The van der Waals surface area contributed by atoms with Gasteiger partial charge in [0.25, 0.3) is 15.9 Å². The van der Waals surface area contributed by atoms with E-state index in [2.05, 4.69) is 10.0 Å². The van der Waals surface area contributed by atoms with Crippen molar-refractivity contribution in [3.63, 3.8) is 0 Å². The zero-order valence-electron chi connectivity index (χ0n) is 16.1. The number of sulfonamides is 1. The molecule has 3 aromatic carbocycles. The van der Waals surface area contributed by atoms with Gasteiger partial charge in [-0.3, -0.25) is 9.52 Å². The first-order chi connectivity index (χ1) is 13.8. The molecule has 3 aromatic rings. The molecule has 1 amide bonds. The maximum atomic E-state index is 12.5. The number of hydrogen-bond acceptors (Lipinski definition) is 4. The summed E-state index contributed by atoms with van der Waals surface area (Å²) in [4.78, 5) is 12.5. The lowest BCUT2D eigenvalue weighted by atomic mass is 10.2. The molecule has 0 radical (unpaired) electrons. The zero-order valence-corrected chi connectivity index (χ0v) is 16.9. The second kappa shape index (κ2) is 8.79. The van der Waals surface area contributed by atoms with E-state index in [9.17, 15) is 13.2 Å². The summed E-state index contributed by atoms with van der Waals surface area (Å²) in [6, 6.07) is 21.4. The van der Waals surface area contributed by atoms with Gasteiger partial charge >= 0.3 is 0 Å². The molecule has 150 valence electrons. The first-order valence-corrected chi connectivity index (χ1v) is 10.6. The van der Waals surface area contributed by atoms with Crippen molar-refractivity contribution in [2.75, 3.05) is 10.0 Å². The number of amides is 1. The summed E-state index contributed by atoms with van der Waals surface area (Å²) in [7, 11) is -3.73. The fourth-order valence-electron chi connectivity index (χ4n) is 2.60. The largest absolute Gasteiger partial charge is 0.491 e.